The summed E-state index contributed by atoms with van der Waals surface area (Å²) in [7, 11) is 0. The summed E-state index contributed by atoms with van der Waals surface area (Å²) in [5, 5.41) is 7.83. The molecule has 0 bridgehead atoms. The summed E-state index contributed by atoms with van der Waals surface area (Å²) in [6.45, 7) is 6.70. The number of rotatable bonds is 4. The highest BCUT2D eigenvalue weighted by molar-refractivity contribution is 5.86. The van der Waals surface area contributed by atoms with Gasteiger partial charge in [-0.25, -0.2) is 15.0 Å². The predicted octanol–water partition coefficient (Wildman–Crippen LogP) is 1.62. The van der Waals surface area contributed by atoms with Crippen molar-refractivity contribution in [2.24, 2.45) is 0 Å². The molecule has 0 unspecified atom stereocenters. The van der Waals surface area contributed by atoms with Gasteiger partial charge in [-0.1, -0.05) is 0 Å². The largest absolute Gasteiger partial charge is 0.382 e. The van der Waals surface area contributed by atoms with Gasteiger partial charge in [0.1, 0.15) is 23.2 Å². The molecule has 0 aliphatic rings. The first-order valence-corrected chi connectivity index (χ1v) is 7.12. The molecule has 0 radical (unpaired) electrons. The second-order valence-corrected chi connectivity index (χ2v) is 5.02. The lowest BCUT2D eigenvalue weighted by Crippen LogP contribution is -2.29. The minimum absolute atomic E-state index is 0.0638. The highest BCUT2D eigenvalue weighted by Gasteiger charge is 2.22. The molecule has 0 saturated heterocycles. The molecule has 8 nitrogen and oxygen atoms in total. The van der Waals surface area contributed by atoms with E-state index >= 15 is 0 Å². The third kappa shape index (κ3) is 2.32. The third-order valence-corrected chi connectivity index (χ3v) is 3.63. The number of nitrogen functional groups attached to an aromatic ring is 1. The van der Waals surface area contributed by atoms with E-state index in [2.05, 4.69) is 42.0 Å². The number of aromatic amines is 1. The van der Waals surface area contributed by atoms with Gasteiger partial charge in [-0.15, -0.1) is 0 Å². The van der Waals surface area contributed by atoms with Crippen LogP contribution in [0.3, 0.4) is 0 Å². The van der Waals surface area contributed by atoms with Gasteiger partial charge in [0, 0.05) is 18.9 Å². The summed E-state index contributed by atoms with van der Waals surface area (Å²) in [5.41, 5.74) is 7.42. The second-order valence-electron chi connectivity index (χ2n) is 5.02. The molecule has 0 saturated carbocycles. The molecule has 0 aliphatic heterocycles. The van der Waals surface area contributed by atoms with Crippen LogP contribution in [0.1, 0.15) is 31.4 Å². The van der Waals surface area contributed by atoms with E-state index in [0.29, 0.717) is 11.6 Å². The third-order valence-electron chi connectivity index (χ3n) is 3.63. The number of nitrogens with two attached hydrogens (primary N) is 1. The molecule has 1 atom stereocenters. The van der Waals surface area contributed by atoms with Crippen LogP contribution in [0.4, 0.5) is 11.6 Å². The van der Waals surface area contributed by atoms with Crippen molar-refractivity contribution in [3.8, 4) is 0 Å². The molecular formula is C14H18N8. The van der Waals surface area contributed by atoms with Crippen LogP contribution in [0.25, 0.3) is 11.0 Å². The van der Waals surface area contributed by atoms with Crippen LogP contribution in [0.2, 0.25) is 0 Å². The van der Waals surface area contributed by atoms with E-state index in [1.165, 1.54) is 0 Å². The fourth-order valence-corrected chi connectivity index (χ4v) is 2.58. The molecule has 0 fully saturated rings. The molecule has 0 amide bonds. The summed E-state index contributed by atoms with van der Waals surface area (Å²) >= 11 is 0. The first-order chi connectivity index (χ1) is 10.6. The van der Waals surface area contributed by atoms with Gasteiger partial charge in [-0.3, -0.25) is 10.1 Å². The van der Waals surface area contributed by atoms with E-state index in [1.54, 1.807) is 18.6 Å². The van der Waals surface area contributed by atoms with Crippen LogP contribution in [-0.4, -0.2) is 36.7 Å². The van der Waals surface area contributed by atoms with Crippen molar-refractivity contribution in [1.82, 2.24) is 30.1 Å². The van der Waals surface area contributed by atoms with Crippen molar-refractivity contribution in [3.05, 3.63) is 30.1 Å². The topological polar surface area (TPSA) is 110 Å². The van der Waals surface area contributed by atoms with Crippen LogP contribution in [-0.2, 0) is 0 Å². The Morgan fingerprint density at radius 3 is 2.77 bits per heavy atom. The van der Waals surface area contributed by atoms with E-state index in [9.17, 15) is 0 Å². The summed E-state index contributed by atoms with van der Waals surface area (Å²) in [6.07, 6.45) is 4.97. The van der Waals surface area contributed by atoms with Crippen molar-refractivity contribution in [1.29, 1.82) is 0 Å². The van der Waals surface area contributed by atoms with Crippen molar-refractivity contribution in [3.63, 3.8) is 0 Å². The van der Waals surface area contributed by atoms with E-state index in [0.717, 1.165) is 29.1 Å². The number of hydrogen-bond donors (Lipinski definition) is 2. The normalized spacial score (nSPS) is 12.5. The number of fused-ring (bicyclic) bond motifs is 1. The van der Waals surface area contributed by atoms with E-state index < -0.39 is 0 Å². The fraction of sp³-hybridized carbons (Fsp3) is 0.357. The molecule has 3 N–H and O–H groups in total. The molecule has 3 aromatic rings. The van der Waals surface area contributed by atoms with Crippen LogP contribution in [0.15, 0.2) is 18.6 Å². The zero-order chi connectivity index (χ0) is 15.7. The smallest absolute Gasteiger partial charge is 0.161 e. The van der Waals surface area contributed by atoms with Gasteiger partial charge in [0.15, 0.2) is 5.65 Å². The molecule has 0 spiro atoms. The summed E-state index contributed by atoms with van der Waals surface area (Å²) in [5.74, 6) is 1.93. The lowest BCUT2D eigenvalue weighted by atomic mass is 10.1. The Bertz CT molecular complexity index is 796. The minimum atomic E-state index is -0.0638. The molecule has 3 heterocycles. The summed E-state index contributed by atoms with van der Waals surface area (Å²) in [4.78, 5) is 19.5. The lowest BCUT2D eigenvalue weighted by molar-refractivity contribution is 0.661. The van der Waals surface area contributed by atoms with Gasteiger partial charge < -0.3 is 10.6 Å². The van der Waals surface area contributed by atoms with E-state index in [-0.39, 0.29) is 6.04 Å². The molecule has 3 rings (SSSR count). The average molecular weight is 298 g/mol. The predicted molar refractivity (Wildman–Crippen MR) is 84.3 cm³/mol. The maximum atomic E-state index is 5.96. The number of aryl methyl sites for hydroxylation is 1. The summed E-state index contributed by atoms with van der Waals surface area (Å²) < 4.78 is 0. The lowest BCUT2D eigenvalue weighted by Gasteiger charge is -2.29. The van der Waals surface area contributed by atoms with Crippen LogP contribution in [0, 0.1) is 6.92 Å². The van der Waals surface area contributed by atoms with Gasteiger partial charge in [0.2, 0.25) is 0 Å². The Morgan fingerprint density at radius 1 is 1.27 bits per heavy atom. The Kier molecular flexibility index (Phi) is 3.58. The maximum Gasteiger partial charge on any atom is 0.161 e. The van der Waals surface area contributed by atoms with Gasteiger partial charge in [-0.05, 0) is 20.8 Å². The van der Waals surface area contributed by atoms with Crippen molar-refractivity contribution in [2.75, 3.05) is 17.2 Å². The molecule has 8 heteroatoms. The van der Waals surface area contributed by atoms with Gasteiger partial charge >= 0.3 is 0 Å². The molecule has 114 valence electrons. The molecule has 22 heavy (non-hydrogen) atoms. The highest BCUT2D eigenvalue weighted by Crippen LogP contribution is 2.30. The Balaban J connectivity index is 2.10. The zero-order valence-corrected chi connectivity index (χ0v) is 12.8. The van der Waals surface area contributed by atoms with E-state index in [4.69, 9.17) is 5.73 Å². The van der Waals surface area contributed by atoms with Crippen LogP contribution >= 0.6 is 0 Å². The van der Waals surface area contributed by atoms with Crippen molar-refractivity contribution >= 4 is 22.7 Å². The van der Waals surface area contributed by atoms with Crippen LogP contribution in [0.5, 0.6) is 0 Å². The second kappa shape index (κ2) is 5.55. The quantitative estimate of drug-likeness (QED) is 0.753. The maximum absolute atomic E-state index is 5.96. The number of aromatic nitrogens is 6. The van der Waals surface area contributed by atoms with Gasteiger partial charge in [0.05, 0.1) is 17.6 Å². The fourth-order valence-electron chi connectivity index (χ4n) is 2.58. The van der Waals surface area contributed by atoms with Crippen molar-refractivity contribution in [2.45, 2.75) is 26.8 Å². The molecular weight excluding hydrogens is 280 g/mol. The van der Waals surface area contributed by atoms with E-state index in [1.807, 2.05) is 13.8 Å². The molecule has 0 aliphatic carbocycles. The first kappa shape index (κ1) is 14.2. The molecule has 3 aromatic heterocycles. The Hall–Kier alpha value is -2.77. The minimum Gasteiger partial charge on any atom is -0.382 e. The number of hydrogen-bond acceptors (Lipinski definition) is 7. The summed E-state index contributed by atoms with van der Waals surface area (Å²) in [6, 6.07) is -0.0638. The molecule has 0 aromatic carbocycles. The highest BCUT2D eigenvalue weighted by atomic mass is 15.2. The average Bonchev–Trinajstić information content (AvgIpc) is 2.96. The number of nitrogens with one attached hydrogen (secondary N) is 1. The standard InChI is InChI=1S/C14H18N8/c1-4-22(8(2)11-12(15)17-6-5-16-11)14-10-7-18-21-13(10)19-9(3)20-14/h5-8H,4H2,1-3H3,(H2,15,17)(H,18,19,20,21)/t8-/m0/s1. The number of nitrogens with zero attached hydrogens (tertiary/aromatic N) is 6. The van der Waals surface area contributed by atoms with Crippen molar-refractivity contribution < 1.29 is 0 Å². The van der Waals surface area contributed by atoms with Gasteiger partial charge in [-0.2, -0.15) is 5.10 Å². The number of anilines is 2. The van der Waals surface area contributed by atoms with Gasteiger partial charge in [0.25, 0.3) is 0 Å². The Morgan fingerprint density at radius 2 is 2.05 bits per heavy atom. The first-order valence-electron chi connectivity index (χ1n) is 7.12. The zero-order valence-electron chi connectivity index (χ0n) is 12.8. The number of H-pyrrole nitrogens is 1. The Labute approximate surface area is 127 Å². The monoisotopic (exact) mass is 298 g/mol. The SMILES string of the molecule is CCN(c1nc(C)nc2[nH]ncc12)[C@@H](C)c1nccnc1N. The van der Waals surface area contributed by atoms with Crippen LogP contribution < -0.4 is 10.6 Å².